The van der Waals surface area contributed by atoms with Crippen LogP contribution in [-0.2, 0) is 9.88 Å². The Morgan fingerprint density at radius 3 is 1.80 bits per heavy atom. The Morgan fingerprint density at radius 1 is 1.60 bits per heavy atom. The average Bonchev–Trinajstić information content (AvgIpc) is 1.37. The topological polar surface area (TPSA) is 42.3 Å². The molecule has 0 saturated carbocycles. The Balaban J connectivity index is 0. The molecule has 3 nitrogen and oxygen atoms in total. The van der Waals surface area contributed by atoms with Gasteiger partial charge in [-0.2, -0.15) is 7.11 Å². The summed E-state index contributed by atoms with van der Waals surface area (Å²) in [6.07, 6.45) is 0. The Bertz CT molecular complexity index is 11.6. The van der Waals surface area contributed by atoms with Gasteiger partial charge in [0.05, 0.1) is 0 Å². The predicted octanol–water partition coefficient (Wildman–Crippen LogP) is -2.30. The smallest absolute Gasteiger partial charge is 0.518 e. The fourth-order valence-electron chi connectivity index (χ4n) is 0. The van der Waals surface area contributed by atoms with E-state index in [-0.39, 0.29) is 29.6 Å². The van der Waals surface area contributed by atoms with Crippen LogP contribution in [0.25, 0.3) is 5.90 Å². The first-order valence-electron chi connectivity index (χ1n) is 0.659. The van der Waals surface area contributed by atoms with Gasteiger partial charge >= 0.3 is 29.6 Å². The minimum Gasteiger partial charge on any atom is -0.518 e. The van der Waals surface area contributed by atoms with Crippen LogP contribution in [0.4, 0.5) is 0 Å². The van der Waals surface area contributed by atoms with Crippen molar-refractivity contribution < 1.29 is 39.4 Å². The molecule has 0 unspecified atom stereocenters. The second kappa shape index (κ2) is 8.86. The molecular weight excluding hydrogens is 81.0 g/mol. The van der Waals surface area contributed by atoms with Gasteiger partial charge in [0.15, 0.2) is 0 Å². The van der Waals surface area contributed by atoms with Crippen molar-refractivity contribution in [3.63, 3.8) is 0 Å². The van der Waals surface area contributed by atoms with Crippen LogP contribution in [0.15, 0.2) is 0 Å². The van der Waals surface area contributed by atoms with Gasteiger partial charge in [-0.3, -0.25) is 0 Å². The molecule has 0 aromatic heterocycles. The molecule has 0 aliphatic carbocycles. The van der Waals surface area contributed by atoms with E-state index in [9.17, 15) is 0 Å². The largest absolute Gasteiger partial charge is 1.00 e. The van der Waals surface area contributed by atoms with E-state index < -0.39 is 0 Å². The fourth-order valence-corrected chi connectivity index (χ4v) is 0. The summed E-state index contributed by atoms with van der Waals surface area (Å²) in [5.74, 6) is 5.67. The van der Waals surface area contributed by atoms with Gasteiger partial charge in [-0.1, -0.05) is 0 Å². The van der Waals surface area contributed by atoms with E-state index in [0.717, 1.165) is 0 Å². The van der Waals surface area contributed by atoms with Crippen LogP contribution < -0.4 is 29.6 Å². The Hall–Kier alpha value is 0.880. The molecule has 0 aromatic carbocycles. The zero-order valence-corrected chi connectivity index (χ0v) is 5.02. The van der Waals surface area contributed by atoms with Gasteiger partial charge in [-0.15, -0.1) is 0 Å². The molecule has 0 fully saturated rings. The first kappa shape index (κ1) is 9.30. The molecule has 5 heavy (non-hydrogen) atoms. The van der Waals surface area contributed by atoms with Crippen LogP contribution in [-0.4, -0.2) is 0 Å². The van der Waals surface area contributed by atoms with E-state index in [0.29, 0.717) is 0 Å². The van der Waals surface area contributed by atoms with Gasteiger partial charge in [0, 0.05) is 0 Å². The third kappa shape index (κ3) is 11.5. The molecular formula is CH3NNaO2-. The summed E-state index contributed by atoms with van der Waals surface area (Å²) in [6.45, 7) is 0. The van der Waals surface area contributed by atoms with Crippen LogP contribution >= 0.6 is 0 Å². The molecule has 0 aliphatic rings. The number of hydrogen-bond donors (Lipinski definition) is 0. The normalized spacial score (nSPS) is 6.00. The summed E-state index contributed by atoms with van der Waals surface area (Å²) < 4.78 is 0. The molecule has 1 N–H and O–H groups in total. The summed E-state index contributed by atoms with van der Waals surface area (Å²) in [5.41, 5.74) is 0. The van der Waals surface area contributed by atoms with Gasteiger partial charge < -0.3 is 15.8 Å². The molecule has 0 aliphatic heterocycles. The number of hydrogen-bond acceptors (Lipinski definition) is 2. The number of nitrogens with one attached hydrogen (secondary N) is 1. The summed E-state index contributed by atoms with van der Waals surface area (Å²) in [7, 11) is 2.69. The van der Waals surface area contributed by atoms with E-state index in [1.54, 1.807) is 0 Å². The zero-order chi connectivity index (χ0) is 3.41. The third-order valence-electron chi connectivity index (χ3n) is 0.0589. The molecule has 4 heteroatoms. The average molecular weight is 84.0 g/mol. The Morgan fingerprint density at radius 2 is 1.80 bits per heavy atom. The van der Waals surface area contributed by atoms with Crippen LogP contribution in [0.3, 0.4) is 0 Å². The summed E-state index contributed by atoms with van der Waals surface area (Å²) in [5, 5.41) is 0. The van der Waals surface area contributed by atoms with Gasteiger partial charge in [0.1, 0.15) is 0 Å². The first-order chi connectivity index (χ1) is 1.91. The molecule has 0 atom stereocenters. The molecule has 26 valence electrons. The minimum atomic E-state index is 0. The predicted molar refractivity (Wildman–Crippen MR) is 11.8 cm³/mol. The van der Waals surface area contributed by atoms with Crippen molar-refractivity contribution in [3.05, 3.63) is 13.0 Å². The van der Waals surface area contributed by atoms with Gasteiger partial charge in [0.25, 0.3) is 0 Å². The SMILES string of the molecule is [CH2-]OO[NH-].[Na+]. The Kier molecular flexibility index (Phi) is 16.5. The molecule has 0 radical (unpaired) electrons. The minimum absolute atomic E-state index is 0. The van der Waals surface area contributed by atoms with Crippen LogP contribution in [0.1, 0.15) is 0 Å². The molecule has 0 saturated heterocycles. The van der Waals surface area contributed by atoms with E-state index in [1.807, 2.05) is 0 Å². The maximum Gasteiger partial charge on any atom is 1.00 e. The maximum absolute atomic E-state index is 5.67. The van der Waals surface area contributed by atoms with Crippen molar-refractivity contribution >= 4 is 0 Å². The fraction of sp³-hybridized carbons (Fsp3) is 0. The van der Waals surface area contributed by atoms with Crippen molar-refractivity contribution in [2.75, 3.05) is 0 Å². The van der Waals surface area contributed by atoms with E-state index in [1.165, 1.54) is 0 Å². The third-order valence-corrected chi connectivity index (χ3v) is 0.0589. The second-order valence-electron chi connectivity index (χ2n) is 0.201. The van der Waals surface area contributed by atoms with Crippen molar-refractivity contribution in [2.45, 2.75) is 0 Å². The summed E-state index contributed by atoms with van der Waals surface area (Å²) >= 11 is 0. The second-order valence-corrected chi connectivity index (χ2v) is 0.201. The van der Waals surface area contributed by atoms with Gasteiger partial charge in [-0.05, 0) is 0 Å². The molecule has 0 spiro atoms. The Labute approximate surface area is 52.6 Å². The first-order valence-corrected chi connectivity index (χ1v) is 0.659. The van der Waals surface area contributed by atoms with Crippen LogP contribution in [0, 0.1) is 7.11 Å². The molecule has 0 rings (SSSR count). The van der Waals surface area contributed by atoms with Crippen LogP contribution in [0.2, 0.25) is 0 Å². The summed E-state index contributed by atoms with van der Waals surface area (Å²) in [6, 6.07) is 0. The maximum atomic E-state index is 5.67. The molecule has 0 heterocycles. The quantitative estimate of drug-likeness (QED) is 0.155. The zero-order valence-electron chi connectivity index (χ0n) is 3.02. The monoisotopic (exact) mass is 84.0 g/mol. The van der Waals surface area contributed by atoms with Gasteiger partial charge in [0.2, 0.25) is 0 Å². The van der Waals surface area contributed by atoms with Crippen molar-refractivity contribution in [2.24, 2.45) is 0 Å². The molecule has 0 amide bonds. The van der Waals surface area contributed by atoms with Crippen molar-refractivity contribution in [1.82, 2.24) is 0 Å². The van der Waals surface area contributed by atoms with E-state index >= 15 is 0 Å². The molecule has 0 aromatic rings. The molecule has 0 bridgehead atoms. The summed E-state index contributed by atoms with van der Waals surface area (Å²) in [4.78, 5) is 6.64. The van der Waals surface area contributed by atoms with Crippen LogP contribution in [0.5, 0.6) is 0 Å². The van der Waals surface area contributed by atoms with Crippen molar-refractivity contribution in [1.29, 1.82) is 0 Å². The van der Waals surface area contributed by atoms with Crippen molar-refractivity contribution in [3.8, 4) is 0 Å². The van der Waals surface area contributed by atoms with E-state index in [4.69, 9.17) is 5.90 Å². The number of rotatable bonds is 1. The van der Waals surface area contributed by atoms with Gasteiger partial charge in [-0.25, -0.2) is 0 Å². The standard InChI is InChI=1S/CH3NO2.Na/c1-3-4-2;/h2H,1H2;/q-2;+1. The van der Waals surface area contributed by atoms with E-state index in [2.05, 4.69) is 17.0 Å².